The van der Waals surface area contributed by atoms with Gasteiger partial charge in [0.2, 0.25) is 11.8 Å². The number of nitrogens with one attached hydrogen (secondary N) is 2. The zero-order valence-corrected chi connectivity index (χ0v) is 29.4. The van der Waals surface area contributed by atoms with Crippen LogP contribution in [0.2, 0.25) is 0 Å². The normalized spacial score (nSPS) is 16.7. The molecule has 0 saturated carbocycles. The quantitative estimate of drug-likeness (QED) is 0.159. The molecule has 4 atom stereocenters. The smallest absolute Gasteiger partial charge is 0.306 e. The van der Waals surface area contributed by atoms with Crippen molar-refractivity contribution in [1.82, 2.24) is 20.4 Å². The number of rotatable bonds is 17. The number of nitrogens with zero attached hydrogens (tertiary/aromatic N) is 2. The van der Waals surface area contributed by atoms with Crippen LogP contribution in [-0.2, 0) is 33.6 Å². The number of imide groups is 1. The molecule has 258 valence electrons. The van der Waals surface area contributed by atoms with E-state index in [2.05, 4.69) is 10.6 Å². The van der Waals surface area contributed by atoms with E-state index in [1.807, 2.05) is 55.4 Å². The molecule has 0 aromatic rings. The van der Waals surface area contributed by atoms with E-state index in [4.69, 9.17) is 0 Å². The standard InChI is InChI=1S/C34H54N4O8/c1-20(2)24(37(11)31(44)29(34(7,8)9)36-30(43)28(35-10)33(4,5)6)18-21(3)25(40)13-12-22(32(45)46)19-23(39)16-17-38-26(41)14-15-27(38)42/h14-15,18,20,22,24,28-29,35H,12-13,16-17,19H2,1-11H3,(H,36,43)(H,45,46)/b21-18+/t22?,24-,28-,29-/m1/s1. The summed E-state index contributed by atoms with van der Waals surface area (Å²) in [4.78, 5) is 90.4. The van der Waals surface area contributed by atoms with Crippen molar-refractivity contribution in [1.29, 1.82) is 0 Å². The monoisotopic (exact) mass is 646 g/mol. The van der Waals surface area contributed by atoms with Crippen LogP contribution in [0.5, 0.6) is 0 Å². The van der Waals surface area contributed by atoms with Crippen LogP contribution < -0.4 is 10.6 Å². The van der Waals surface area contributed by atoms with Gasteiger partial charge in [0, 0.05) is 45.0 Å². The van der Waals surface area contributed by atoms with E-state index < -0.39 is 58.4 Å². The fourth-order valence-electron chi connectivity index (χ4n) is 5.36. The number of carbonyl (C=O) groups excluding carboxylic acids is 6. The Morgan fingerprint density at radius 3 is 1.89 bits per heavy atom. The average Bonchev–Trinajstić information content (AvgIpc) is 3.25. The van der Waals surface area contributed by atoms with Crippen LogP contribution in [0.25, 0.3) is 0 Å². The van der Waals surface area contributed by atoms with Gasteiger partial charge in [0.1, 0.15) is 11.8 Å². The van der Waals surface area contributed by atoms with Crippen LogP contribution in [0.15, 0.2) is 23.8 Å². The highest BCUT2D eigenvalue weighted by molar-refractivity contribution is 6.13. The highest BCUT2D eigenvalue weighted by Crippen LogP contribution is 2.26. The summed E-state index contributed by atoms with van der Waals surface area (Å²) >= 11 is 0. The molecule has 12 heteroatoms. The summed E-state index contributed by atoms with van der Waals surface area (Å²) in [6.07, 6.45) is 3.21. The molecular weight excluding hydrogens is 592 g/mol. The predicted molar refractivity (Wildman–Crippen MR) is 174 cm³/mol. The number of hydrogen-bond donors (Lipinski definition) is 3. The Bertz CT molecular complexity index is 1220. The Hall–Kier alpha value is -3.67. The average molecular weight is 647 g/mol. The van der Waals surface area contributed by atoms with Gasteiger partial charge in [0.25, 0.3) is 11.8 Å². The van der Waals surface area contributed by atoms with Crippen molar-refractivity contribution < 1.29 is 38.7 Å². The highest BCUT2D eigenvalue weighted by atomic mass is 16.4. The molecule has 12 nitrogen and oxygen atoms in total. The number of Topliss-reactive ketones (excluding diaryl/α,β-unsaturated/α-hetero) is 2. The van der Waals surface area contributed by atoms with Crippen LogP contribution in [0, 0.1) is 22.7 Å². The molecule has 1 rings (SSSR count). The molecule has 0 aliphatic carbocycles. The first-order chi connectivity index (χ1) is 21.0. The molecular formula is C34H54N4O8. The first-order valence-corrected chi connectivity index (χ1v) is 15.8. The van der Waals surface area contributed by atoms with Gasteiger partial charge in [-0.05, 0) is 42.7 Å². The van der Waals surface area contributed by atoms with Gasteiger partial charge in [-0.3, -0.25) is 38.5 Å². The SMILES string of the molecule is CN[C@H](C(=O)N[C@H](C(=O)N(C)[C@H](/C=C(\C)C(=O)CCC(CC(=O)CCN1C(=O)C=CC1=O)C(=O)O)C(C)C)C(C)(C)C)C(C)(C)C. The number of ketones is 2. The number of carboxylic acid groups (broad SMARTS) is 1. The van der Waals surface area contributed by atoms with E-state index >= 15 is 0 Å². The first kappa shape index (κ1) is 40.4. The van der Waals surface area contributed by atoms with Gasteiger partial charge < -0.3 is 20.6 Å². The van der Waals surface area contributed by atoms with Crippen LogP contribution in [0.4, 0.5) is 0 Å². The van der Waals surface area contributed by atoms with Gasteiger partial charge in [-0.15, -0.1) is 0 Å². The number of allylic oxidation sites excluding steroid dienone is 1. The summed E-state index contributed by atoms with van der Waals surface area (Å²) < 4.78 is 0. The first-order valence-electron chi connectivity index (χ1n) is 15.8. The molecule has 0 saturated heterocycles. The van der Waals surface area contributed by atoms with Crippen molar-refractivity contribution in [3.8, 4) is 0 Å². The van der Waals surface area contributed by atoms with Crippen molar-refractivity contribution in [2.24, 2.45) is 22.7 Å². The second-order valence-corrected chi connectivity index (χ2v) is 14.6. The van der Waals surface area contributed by atoms with Gasteiger partial charge in [0.15, 0.2) is 5.78 Å². The van der Waals surface area contributed by atoms with E-state index in [-0.39, 0.29) is 55.7 Å². The molecule has 1 aliphatic rings. The Morgan fingerprint density at radius 2 is 1.46 bits per heavy atom. The van der Waals surface area contributed by atoms with Crippen LogP contribution in [0.3, 0.4) is 0 Å². The lowest BCUT2D eigenvalue weighted by Crippen LogP contribution is -2.60. The van der Waals surface area contributed by atoms with Crippen LogP contribution in [-0.4, -0.2) is 94.8 Å². The maximum Gasteiger partial charge on any atom is 0.306 e. The third-order valence-corrected chi connectivity index (χ3v) is 8.21. The fraction of sp³-hybridized carbons (Fsp3) is 0.676. The Kier molecular flexibility index (Phi) is 14.7. The second kappa shape index (κ2) is 16.8. The minimum absolute atomic E-state index is 0.0755. The van der Waals surface area contributed by atoms with E-state index in [9.17, 15) is 38.7 Å². The molecule has 0 bridgehead atoms. The van der Waals surface area contributed by atoms with Gasteiger partial charge in [-0.25, -0.2) is 0 Å². The molecule has 1 heterocycles. The number of amides is 4. The third-order valence-electron chi connectivity index (χ3n) is 8.21. The summed E-state index contributed by atoms with van der Waals surface area (Å²) in [7, 11) is 3.34. The zero-order chi connectivity index (χ0) is 35.7. The lowest BCUT2D eigenvalue weighted by Gasteiger charge is -2.39. The Balaban J connectivity index is 3.00. The third kappa shape index (κ3) is 11.6. The Labute approximate surface area is 273 Å². The summed E-state index contributed by atoms with van der Waals surface area (Å²) in [5.41, 5.74) is -0.657. The van der Waals surface area contributed by atoms with Crippen molar-refractivity contribution in [2.75, 3.05) is 20.6 Å². The zero-order valence-electron chi connectivity index (χ0n) is 29.4. The summed E-state index contributed by atoms with van der Waals surface area (Å²) in [6, 6.07) is -1.87. The van der Waals surface area contributed by atoms with E-state index in [1.165, 1.54) is 4.90 Å². The number of carboxylic acids is 1. The molecule has 0 aromatic carbocycles. The van der Waals surface area contributed by atoms with Crippen molar-refractivity contribution >= 4 is 41.2 Å². The second-order valence-electron chi connectivity index (χ2n) is 14.6. The van der Waals surface area contributed by atoms with Crippen molar-refractivity contribution in [3.05, 3.63) is 23.8 Å². The topological polar surface area (TPSA) is 170 Å². The van der Waals surface area contributed by atoms with Crippen LogP contribution in [0.1, 0.15) is 88.0 Å². The molecule has 0 fully saturated rings. The maximum absolute atomic E-state index is 13.9. The van der Waals surface area contributed by atoms with Crippen molar-refractivity contribution in [3.63, 3.8) is 0 Å². The molecule has 1 aliphatic heterocycles. The maximum atomic E-state index is 13.9. The summed E-state index contributed by atoms with van der Waals surface area (Å²) in [6.45, 7) is 16.7. The molecule has 1 unspecified atom stereocenters. The highest BCUT2D eigenvalue weighted by Gasteiger charge is 2.40. The van der Waals surface area contributed by atoms with Gasteiger partial charge in [-0.2, -0.15) is 0 Å². The van der Waals surface area contributed by atoms with E-state index in [0.717, 1.165) is 17.1 Å². The molecule has 46 heavy (non-hydrogen) atoms. The molecule has 0 radical (unpaired) electrons. The largest absolute Gasteiger partial charge is 0.481 e. The molecule has 0 aromatic heterocycles. The number of likely N-dealkylation sites (N-methyl/N-ethyl adjacent to an activating group) is 2. The van der Waals surface area contributed by atoms with Crippen molar-refractivity contribution in [2.45, 2.75) is 106 Å². The summed E-state index contributed by atoms with van der Waals surface area (Å²) in [5.74, 6) is -4.80. The van der Waals surface area contributed by atoms with Gasteiger partial charge >= 0.3 is 5.97 Å². The molecule has 3 N–H and O–H groups in total. The minimum Gasteiger partial charge on any atom is -0.481 e. The number of aliphatic carboxylic acids is 1. The lowest BCUT2D eigenvalue weighted by molar-refractivity contribution is -0.144. The summed E-state index contributed by atoms with van der Waals surface area (Å²) in [5, 5.41) is 15.7. The molecule has 4 amide bonds. The lowest BCUT2D eigenvalue weighted by atomic mass is 9.83. The number of hydrogen-bond acceptors (Lipinski definition) is 8. The Morgan fingerprint density at radius 1 is 0.935 bits per heavy atom. The van der Waals surface area contributed by atoms with E-state index in [0.29, 0.717) is 5.57 Å². The van der Waals surface area contributed by atoms with Gasteiger partial charge in [0.05, 0.1) is 18.0 Å². The van der Waals surface area contributed by atoms with Gasteiger partial charge in [-0.1, -0.05) is 61.5 Å². The fourth-order valence-corrected chi connectivity index (χ4v) is 5.36. The predicted octanol–water partition coefficient (Wildman–Crippen LogP) is 2.91. The van der Waals surface area contributed by atoms with E-state index in [1.54, 1.807) is 27.1 Å². The number of carbonyl (C=O) groups is 7. The molecule has 0 spiro atoms. The van der Waals surface area contributed by atoms with Crippen LogP contribution >= 0.6 is 0 Å². The minimum atomic E-state index is -1.22.